The summed E-state index contributed by atoms with van der Waals surface area (Å²) in [6.45, 7) is 0. The van der Waals surface area contributed by atoms with Gasteiger partial charge in [-0.05, 0) is 0 Å². The van der Waals surface area contributed by atoms with Gasteiger partial charge in [0.2, 0.25) is 5.84 Å². The molecule has 2 aliphatic rings. The van der Waals surface area contributed by atoms with Gasteiger partial charge >= 0.3 is 0 Å². The Morgan fingerprint density at radius 3 is 2.91 bits per heavy atom. The van der Waals surface area contributed by atoms with E-state index >= 15 is 0 Å². The van der Waals surface area contributed by atoms with E-state index in [9.17, 15) is 4.79 Å². The average molecular weight is 148 g/mol. The van der Waals surface area contributed by atoms with Crippen molar-refractivity contribution in [1.29, 1.82) is 0 Å². The van der Waals surface area contributed by atoms with E-state index in [0.29, 0.717) is 11.4 Å². The molecule has 0 aromatic carbocycles. The minimum atomic E-state index is -0.610. The summed E-state index contributed by atoms with van der Waals surface area (Å²) >= 11 is 0. The highest BCUT2D eigenvalue weighted by Crippen LogP contribution is 2.12. The molecule has 0 aromatic heterocycles. The van der Waals surface area contributed by atoms with E-state index in [1.54, 1.807) is 0 Å². The molecule has 11 heavy (non-hydrogen) atoms. The van der Waals surface area contributed by atoms with Crippen molar-refractivity contribution in [3.05, 3.63) is 11.9 Å². The van der Waals surface area contributed by atoms with Gasteiger partial charge in [0.1, 0.15) is 11.4 Å². The molecule has 1 amide bonds. The molecule has 0 atom stereocenters. The maximum Gasteiger partial charge on any atom is 0.286 e. The van der Waals surface area contributed by atoms with Gasteiger partial charge in [0.15, 0.2) is 0 Å². The summed E-state index contributed by atoms with van der Waals surface area (Å²) in [6, 6.07) is 0. The lowest BCUT2D eigenvalue weighted by atomic mass is 10.4. The maximum atomic E-state index is 10.5. The third-order valence-electron chi connectivity index (χ3n) is 1.33. The van der Waals surface area contributed by atoms with E-state index < -0.39 is 5.91 Å². The number of rotatable bonds is 1. The number of hydrogen-bond donors (Lipinski definition) is 1. The zero-order valence-corrected chi connectivity index (χ0v) is 5.48. The van der Waals surface area contributed by atoms with Gasteiger partial charge < -0.3 is 5.73 Å². The van der Waals surface area contributed by atoms with Gasteiger partial charge in [0, 0.05) is 0 Å². The van der Waals surface area contributed by atoms with E-state index in [-0.39, 0.29) is 5.84 Å². The first kappa shape index (κ1) is 5.96. The normalized spacial score (nSPS) is 19.1. The standard InChI is InChI=1S/C6H4N4O/c7-5(11)6-9-3-1-8-2-4(3)10-6/h1-2H,(H2,7,11). The van der Waals surface area contributed by atoms with Crippen LogP contribution >= 0.6 is 0 Å². The van der Waals surface area contributed by atoms with Crippen LogP contribution in [0.25, 0.3) is 0 Å². The molecule has 0 bridgehead atoms. The van der Waals surface area contributed by atoms with Crippen molar-refractivity contribution in [3.63, 3.8) is 0 Å². The molecule has 2 heterocycles. The number of aliphatic imine (C=N–C) groups is 3. The summed E-state index contributed by atoms with van der Waals surface area (Å²) in [4.78, 5) is 22.0. The van der Waals surface area contributed by atoms with Crippen molar-refractivity contribution in [2.75, 3.05) is 0 Å². The van der Waals surface area contributed by atoms with Gasteiger partial charge in [-0.15, -0.1) is 0 Å². The van der Waals surface area contributed by atoms with Crippen molar-refractivity contribution in [2.45, 2.75) is 0 Å². The van der Waals surface area contributed by atoms with Crippen LogP contribution in [0.1, 0.15) is 0 Å². The molecule has 5 heteroatoms. The van der Waals surface area contributed by atoms with Crippen molar-refractivity contribution in [3.8, 4) is 0 Å². The van der Waals surface area contributed by atoms with E-state index in [2.05, 4.69) is 15.0 Å². The molecule has 0 fully saturated rings. The third-order valence-corrected chi connectivity index (χ3v) is 1.33. The smallest absolute Gasteiger partial charge is 0.286 e. The summed E-state index contributed by atoms with van der Waals surface area (Å²) in [5.74, 6) is -0.557. The van der Waals surface area contributed by atoms with E-state index in [1.807, 2.05) is 0 Å². The Hall–Kier alpha value is -1.78. The fraction of sp³-hybridized carbons (Fsp3) is 0. The van der Waals surface area contributed by atoms with Crippen LogP contribution in [0.15, 0.2) is 26.9 Å². The molecular weight excluding hydrogens is 144 g/mol. The number of fused-ring (bicyclic) bond motifs is 1. The SMILES string of the molecule is NC(=O)C1=NC2=CN=CC2=N1. The van der Waals surface area contributed by atoms with Crippen LogP contribution in [0.2, 0.25) is 0 Å². The molecule has 5 nitrogen and oxygen atoms in total. The third kappa shape index (κ3) is 0.778. The van der Waals surface area contributed by atoms with Crippen molar-refractivity contribution >= 4 is 23.7 Å². The highest BCUT2D eigenvalue weighted by atomic mass is 16.1. The lowest BCUT2D eigenvalue weighted by Crippen LogP contribution is -2.20. The Bertz CT molecular complexity index is 348. The molecule has 54 valence electrons. The highest BCUT2D eigenvalue weighted by Gasteiger charge is 2.20. The first-order valence-corrected chi connectivity index (χ1v) is 2.98. The van der Waals surface area contributed by atoms with Gasteiger partial charge in [0.25, 0.3) is 5.91 Å². The Morgan fingerprint density at radius 1 is 1.45 bits per heavy atom. The van der Waals surface area contributed by atoms with Gasteiger partial charge in [-0.1, -0.05) is 0 Å². The van der Waals surface area contributed by atoms with Crippen LogP contribution in [0.5, 0.6) is 0 Å². The van der Waals surface area contributed by atoms with Crippen molar-refractivity contribution in [2.24, 2.45) is 20.7 Å². The second kappa shape index (κ2) is 1.85. The minimum absolute atomic E-state index is 0.0531. The maximum absolute atomic E-state index is 10.5. The van der Waals surface area contributed by atoms with E-state index in [4.69, 9.17) is 5.73 Å². The molecule has 0 unspecified atom stereocenters. The zero-order chi connectivity index (χ0) is 7.84. The molecule has 0 radical (unpaired) electrons. The monoisotopic (exact) mass is 148 g/mol. The molecule has 2 rings (SSSR count). The molecule has 0 aliphatic carbocycles. The summed E-state index contributed by atoms with van der Waals surface area (Å²) in [5.41, 5.74) is 6.17. The summed E-state index contributed by atoms with van der Waals surface area (Å²) in [5, 5.41) is 0. The van der Waals surface area contributed by atoms with Gasteiger partial charge in [-0.2, -0.15) is 0 Å². The summed E-state index contributed by atoms with van der Waals surface area (Å²) < 4.78 is 0. The number of carbonyl (C=O) groups is 1. The highest BCUT2D eigenvalue weighted by molar-refractivity contribution is 6.51. The molecule has 2 aliphatic heterocycles. The molecule has 2 N–H and O–H groups in total. The van der Waals surface area contributed by atoms with E-state index in [0.717, 1.165) is 0 Å². The van der Waals surface area contributed by atoms with Crippen LogP contribution in [0.3, 0.4) is 0 Å². The Balaban J connectivity index is 2.41. The number of amidine groups is 1. The predicted molar refractivity (Wildman–Crippen MR) is 40.6 cm³/mol. The van der Waals surface area contributed by atoms with Crippen molar-refractivity contribution in [1.82, 2.24) is 0 Å². The molecule has 0 saturated heterocycles. The number of primary amides is 1. The van der Waals surface area contributed by atoms with Crippen LogP contribution < -0.4 is 5.73 Å². The van der Waals surface area contributed by atoms with E-state index in [1.165, 1.54) is 12.4 Å². The largest absolute Gasteiger partial charge is 0.363 e. The second-order valence-corrected chi connectivity index (χ2v) is 2.09. The molecule has 0 saturated carbocycles. The van der Waals surface area contributed by atoms with Crippen molar-refractivity contribution < 1.29 is 4.79 Å². The number of nitrogens with two attached hydrogens (primary N) is 1. The fourth-order valence-electron chi connectivity index (χ4n) is 0.846. The summed E-state index contributed by atoms with van der Waals surface area (Å²) in [7, 11) is 0. The van der Waals surface area contributed by atoms with Crippen LogP contribution in [0.4, 0.5) is 0 Å². The average Bonchev–Trinajstić information content (AvgIpc) is 2.40. The number of nitrogens with zero attached hydrogens (tertiary/aromatic N) is 3. The lowest BCUT2D eigenvalue weighted by molar-refractivity contribution is -0.112. The Kier molecular flexibility index (Phi) is 1.00. The van der Waals surface area contributed by atoms with Crippen LogP contribution in [0, 0.1) is 0 Å². The quantitative estimate of drug-likeness (QED) is 0.521. The molecule has 0 aromatic rings. The van der Waals surface area contributed by atoms with Gasteiger partial charge in [-0.25, -0.2) is 9.98 Å². The predicted octanol–water partition coefficient (Wildman–Crippen LogP) is -0.749. The fourth-order valence-corrected chi connectivity index (χ4v) is 0.846. The topological polar surface area (TPSA) is 80.2 Å². The summed E-state index contributed by atoms with van der Waals surface area (Å²) in [6.07, 6.45) is 3.07. The second-order valence-electron chi connectivity index (χ2n) is 2.09. The first-order valence-electron chi connectivity index (χ1n) is 2.98. The zero-order valence-electron chi connectivity index (χ0n) is 5.48. The van der Waals surface area contributed by atoms with Gasteiger partial charge in [-0.3, -0.25) is 9.79 Å². The van der Waals surface area contributed by atoms with Gasteiger partial charge in [0.05, 0.1) is 12.4 Å². The number of amides is 1. The number of hydrogen-bond acceptors (Lipinski definition) is 4. The van der Waals surface area contributed by atoms with Crippen LogP contribution in [-0.4, -0.2) is 23.7 Å². The van der Waals surface area contributed by atoms with Crippen LogP contribution in [-0.2, 0) is 4.79 Å². The first-order chi connectivity index (χ1) is 5.27. The number of allylic oxidation sites excluding steroid dienone is 1. The molecule has 0 spiro atoms. The minimum Gasteiger partial charge on any atom is -0.363 e. The number of carbonyl (C=O) groups excluding carboxylic acids is 1. The molecular formula is C6H4N4O. The lowest BCUT2D eigenvalue weighted by Gasteiger charge is -1.83. The Labute approximate surface area is 62.1 Å². The Morgan fingerprint density at radius 2 is 2.27 bits per heavy atom.